The number of hydrogen-bond acceptors (Lipinski definition) is 4. The van der Waals surface area contributed by atoms with Gasteiger partial charge in [0.25, 0.3) is 0 Å². The largest absolute Gasteiger partial charge is 0.487 e. The van der Waals surface area contributed by atoms with Crippen LogP contribution in [0.2, 0.25) is 5.02 Å². The van der Waals surface area contributed by atoms with Crippen molar-refractivity contribution in [1.82, 2.24) is 5.32 Å². The fourth-order valence-electron chi connectivity index (χ4n) is 2.61. The van der Waals surface area contributed by atoms with Gasteiger partial charge < -0.3 is 20.5 Å². The molecule has 1 aromatic carbocycles. The van der Waals surface area contributed by atoms with E-state index in [-0.39, 0.29) is 30.3 Å². The molecule has 0 aliphatic carbocycles. The Balaban J connectivity index is 0.00000288. The number of carbonyl (C=O) groups excluding carboxylic acids is 1. The SMILES string of the molecule is CCC(CNC(=O)C(N)C1CCOCC1)Oc1ccccc1Cl.Cl. The van der Waals surface area contributed by atoms with E-state index in [4.69, 9.17) is 26.8 Å². The standard InChI is InChI=1S/C17H25ClN2O3.ClH/c1-2-13(23-15-6-4-3-5-14(15)18)11-20-17(21)16(19)12-7-9-22-10-8-12;/h3-6,12-13,16H,2,7-11,19H2,1H3,(H,20,21);1H. The van der Waals surface area contributed by atoms with Crippen LogP contribution in [-0.4, -0.2) is 37.8 Å². The van der Waals surface area contributed by atoms with Crippen molar-refractivity contribution in [3.05, 3.63) is 29.3 Å². The highest BCUT2D eigenvalue weighted by Crippen LogP contribution is 2.24. The Bertz CT molecular complexity index is 510. The summed E-state index contributed by atoms with van der Waals surface area (Å²) >= 11 is 6.10. The number of para-hydroxylation sites is 1. The van der Waals surface area contributed by atoms with Gasteiger partial charge in [0, 0.05) is 13.2 Å². The number of nitrogens with two attached hydrogens (primary N) is 1. The number of halogens is 2. The second kappa shape index (κ2) is 10.8. The molecule has 1 aliphatic heterocycles. The van der Waals surface area contributed by atoms with Gasteiger partial charge in [0.1, 0.15) is 11.9 Å². The van der Waals surface area contributed by atoms with Crippen LogP contribution in [0.3, 0.4) is 0 Å². The molecule has 2 unspecified atom stereocenters. The molecule has 0 radical (unpaired) electrons. The Morgan fingerprint density at radius 2 is 2.08 bits per heavy atom. The quantitative estimate of drug-likeness (QED) is 0.767. The lowest BCUT2D eigenvalue weighted by Crippen LogP contribution is -2.49. The van der Waals surface area contributed by atoms with Crippen molar-refractivity contribution in [2.45, 2.75) is 38.3 Å². The summed E-state index contributed by atoms with van der Waals surface area (Å²) in [4.78, 5) is 12.2. The van der Waals surface area contributed by atoms with Crippen LogP contribution in [0.25, 0.3) is 0 Å². The normalized spacial score (nSPS) is 17.5. The highest BCUT2D eigenvalue weighted by atomic mass is 35.5. The van der Waals surface area contributed by atoms with E-state index in [2.05, 4.69) is 5.32 Å². The summed E-state index contributed by atoms with van der Waals surface area (Å²) in [5.74, 6) is 0.690. The third-order valence-electron chi connectivity index (χ3n) is 4.17. The predicted octanol–water partition coefficient (Wildman–Crippen LogP) is 2.79. The van der Waals surface area contributed by atoms with Gasteiger partial charge in [0.15, 0.2) is 0 Å². The first kappa shape index (κ1) is 21.0. The molecule has 1 fully saturated rings. The van der Waals surface area contributed by atoms with Crippen LogP contribution in [0.5, 0.6) is 5.75 Å². The zero-order valence-electron chi connectivity index (χ0n) is 13.9. The van der Waals surface area contributed by atoms with Gasteiger partial charge in [-0.15, -0.1) is 12.4 Å². The van der Waals surface area contributed by atoms with Crippen LogP contribution in [-0.2, 0) is 9.53 Å². The maximum absolute atomic E-state index is 12.2. The predicted molar refractivity (Wildman–Crippen MR) is 97.9 cm³/mol. The summed E-state index contributed by atoms with van der Waals surface area (Å²) in [5.41, 5.74) is 6.07. The molecule has 136 valence electrons. The van der Waals surface area contributed by atoms with Crippen LogP contribution < -0.4 is 15.8 Å². The van der Waals surface area contributed by atoms with E-state index in [1.165, 1.54) is 0 Å². The van der Waals surface area contributed by atoms with Crippen molar-refractivity contribution < 1.29 is 14.3 Å². The topological polar surface area (TPSA) is 73.6 Å². The number of rotatable bonds is 7. The zero-order chi connectivity index (χ0) is 16.7. The molecule has 0 aromatic heterocycles. The lowest BCUT2D eigenvalue weighted by Gasteiger charge is -2.27. The summed E-state index contributed by atoms with van der Waals surface area (Å²) < 4.78 is 11.2. The van der Waals surface area contributed by atoms with E-state index < -0.39 is 6.04 Å². The van der Waals surface area contributed by atoms with Gasteiger partial charge in [-0.25, -0.2) is 0 Å². The van der Waals surface area contributed by atoms with E-state index in [9.17, 15) is 4.79 Å². The average molecular weight is 377 g/mol. The Hall–Kier alpha value is -1.01. The molecule has 3 N–H and O–H groups in total. The number of ether oxygens (including phenoxy) is 2. The molecule has 1 heterocycles. The second-order valence-corrected chi connectivity index (χ2v) is 6.21. The second-order valence-electron chi connectivity index (χ2n) is 5.80. The fourth-order valence-corrected chi connectivity index (χ4v) is 2.79. The van der Waals surface area contributed by atoms with E-state index in [1.807, 2.05) is 25.1 Å². The Morgan fingerprint density at radius 3 is 2.71 bits per heavy atom. The minimum atomic E-state index is -0.489. The van der Waals surface area contributed by atoms with Gasteiger partial charge in [0.05, 0.1) is 17.6 Å². The van der Waals surface area contributed by atoms with E-state index in [0.29, 0.717) is 30.5 Å². The van der Waals surface area contributed by atoms with E-state index in [0.717, 1.165) is 19.3 Å². The lowest BCUT2D eigenvalue weighted by molar-refractivity contribution is -0.124. The summed E-state index contributed by atoms with van der Waals surface area (Å²) in [6, 6.07) is 6.83. The van der Waals surface area contributed by atoms with Crippen LogP contribution in [0.15, 0.2) is 24.3 Å². The molecule has 24 heavy (non-hydrogen) atoms. The summed E-state index contributed by atoms with van der Waals surface area (Å²) in [5, 5.41) is 3.46. The maximum atomic E-state index is 12.2. The number of hydrogen-bond donors (Lipinski definition) is 2. The van der Waals surface area contributed by atoms with Crippen molar-refractivity contribution in [3.8, 4) is 5.75 Å². The minimum Gasteiger partial charge on any atom is -0.487 e. The molecule has 1 saturated heterocycles. The zero-order valence-corrected chi connectivity index (χ0v) is 15.4. The highest BCUT2D eigenvalue weighted by Gasteiger charge is 2.26. The molecule has 2 atom stereocenters. The summed E-state index contributed by atoms with van der Waals surface area (Å²) in [6.07, 6.45) is 2.29. The number of carbonyl (C=O) groups is 1. The highest BCUT2D eigenvalue weighted by molar-refractivity contribution is 6.32. The van der Waals surface area contributed by atoms with Gasteiger partial charge in [0.2, 0.25) is 5.91 Å². The van der Waals surface area contributed by atoms with Crippen LogP contribution in [0.1, 0.15) is 26.2 Å². The number of amides is 1. The first-order valence-electron chi connectivity index (χ1n) is 8.14. The van der Waals surface area contributed by atoms with Crippen molar-refractivity contribution in [2.24, 2.45) is 11.7 Å². The monoisotopic (exact) mass is 376 g/mol. The molecule has 1 aromatic rings. The Kier molecular flexibility index (Phi) is 9.44. The molecular formula is C17H26Cl2N2O3. The van der Waals surface area contributed by atoms with Gasteiger partial charge in [-0.2, -0.15) is 0 Å². The first-order chi connectivity index (χ1) is 11.1. The Morgan fingerprint density at radius 1 is 1.42 bits per heavy atom. The molecule has 7 heteroatoms. The third-order valence-corrected chi connectivity index (χ3v) is 4.48. The Labute approximate surface area is 154 Å². The van der Waals surface area contributed by atoms with Crippen molar-refractivity contribution in [1.29, 1.82) is 0 Å². The van der Waals surface area contributed by atoms with E-state index in [1.54, 1.807) is 6.07 Å². The van der Waals surface area contributed by atoms with Crippen molar-refractivity contribution in [2.75, 3.05) is 19.8 Å². The molecule has 0 spiro atoms. The molecule has 1 aliphatic rings. The molecule has 2 rings (SSSR count). The summed E-state index contributed by atoms with van der Waals surface area (Å²) in [7, 11) is 0. The fraction of sp³-hybridized carbons (Fsp3) is 0.588. The molecule has 1 amide bonds. The minimum absolute atomic E-state index is 0. The molecule has 0 bridgehead atoms. The van der Waals surface area contributed by atoms with Gasteiger partial charge in [-0.1, -0.05) is 30.7 Å². The van der Waals surface area contributed by atoms with Crippen LogP contribution in [0, 0.1) is 5.92 Å². The molecular weight excluding hydrogens is 351 g/mol. The van der Waals surface area contributed by atoms with Crippen molar-refractivity contribution >= 4 is 29.9 Å². The molecule has 0 saturated carbocycles. The van der Waals surface area contributed by atoms with Gasteiger partial charge in [-0.3, -0.25) is 4.79 Å². The number of benzene rings is 1. The van der Waals surface area contributed by atoms with E-state index >= 15 is 0 Å². The van der Waals surface area contributed by atoms with Crippen molar-refractivity contribution in [3.63, 3.8) is 0 Å². The molecule has 5 nitrogen and oxygen atoms in total. The smallest absolute Gasteiger partial charge is 0.237 e. The summed E-state index contributed by atoms with van der Waals surface area (Å²) in [6.45, 7) is 3.78. The third kappa shape index (κ3) is 6.13. The van der Waals surface area contributed by atoms with Gasteiger partial charge >= 0.3 is 0 Å². The van der Waals surface area contributed by atoms with Crippen LogP contribution in [0.4, 0.5) is 0 Å². The number of nitrogens with one attached hydrogen (secondary N) is 1. The first-order valence-corrected chi connectivity index (χ1v) is 8.51. The van der Waals surface area contributed by atoms with Gasteiger partial charge in [-0.05, 0) is 37.3 Å². The lowest BCUT2D eigenvalue weighted by atomic mass is 9.92. The maximum Gasteiger partial charge on any atom is 0.237 e. The van der Waals surface area contributed by atoms with Crippen LogP contribution >= 0.6 is 24.0 Å². The average Bonchev–Trinajstić information content (AvgIpc) is 2.60.